The molecule has 1 aliphatic rings. The van der Waals surface area contributed by atoms with Gasteiger partial charge in [0, 0.05) is 24.8 Å². The number of sulfonamides is 1. The second-order valence-corrected chi connectivity index (χ2v) is 11.7. The number of methoxy groups -OCH3 is 1. The predicted octanol–water partition coefficient (Wildman–Crippen LogP) is 4.70. The van der Waals surface area contributed by atoms with Gasteiger partial charge in [0.05, 0.1) is 31.7 Å². The molecule has 0 aliphatic carbocycles. The van der Waals surface area contributed by atoms with Gasteiger partial charge in [0.15, 0.2) is 0 Å². The van der Waals surface area contributed by atoms with E-state index < -0.39 is 16.1 Å². The lowest BCUT2D eigenvalue weighted by Crippen LogP contribution is -2.40. The van der Waals surface area contributed by atoms with Crippen molar-refractivity contribution < 1.29 is 27.5 Å². The Morgan fingerprint density at radius 2 is 1.78 bits per heavy atom. The number of ether oxygens (including phenoxy) is 2. The minimum absolute atomic E-state index is 0.0343. The van der Waals surface area contributed by atoms with Crippen molar-refractivity contribution in [1.29, 1.82) is 0 Å². The van der Waals surface area contributed by atoms with Crippen molar-refractivity contribution in [3.63, 3.8) is 0 Å². The van der Waals surface area contributed by atoms with Crippen molar-refractivity contribution in [3.8, 4) is 5.75 Å². The fourth-order valence-electron chi connectivity index (χ4n) is 4.96. The standard InChI is InChI=1S/C31H37N3O6S/c1-4-40-31(36)25-11-8-18-34(21-25)28-17-14-26(32-30(35)19-23-12-15-27(39-3)16-13-23)20-29(28)41(37,38)33-22(2)24-9-6-5-7-10-24/h5-7,9-10,12-17,20,22,25,33H,4,8,11,18-19,21H2,1-3H3,(H,32,35)/t22-,25+/m0/s1. The summed E-state index contributed by atoms with van der Waals surface area (Å²) in [5, 5.41) is 2.84. The first kappa shape index (κ1) is 30.1. The molecule has 0 aromatic heterocycles. The van der Waals surface area contributed by atoms with E-state index in [1.807, 2.05) is 47.4 Å². The van der Waals surface area contributed by atoms with Crippen molar-refractivity contribution in [3.05, 3.63) is 83.9 Å². The van der Waals surface area contributed by atoms with Gasteiger partial charge in [0.25, 0.3) is 0 Å². The van der Waals surface area contributed by atoms with Crippen LogP contribution in [-0.4, -0.2) is 47.1 Å². The molecule has 0 radical (unpaired) electrons. The molecule has 1 fully saturated rings. The van der Waals surface area contributed by atoms with Crippen LogP contribution in [0.25, 0.3) is 0 Å². The number of carbonyl (C=O) groups excluding carboxylic acids is 2. The summed E-state index contributed by atoms with van der Waals surface area (Å²) < 4.78 is 40.9. The minimum atomic E-state index is -4.03. The molecule has 1 amide bonds. The first-order valence-corrected chi connectivity index (χ1v) is 15.2. The smallest absolute Gasteiger partial charge is 0.310 e. The number of nitrogens with zero attached hydrogens (tertiary/aromatic N) is 1. The van der Waals surface area contributed by atoms with Gasteiger partial charge in [-0.1, -0.05) is 42.5 Å². The molecular formula is C31H37N3O6S. The van der Waals surface area contributed by atoms with Crippen molar-refractivity contribution in [2.45, 2.75) is 44.0 Å². The number of piperidine rings is 1. The SMILES string of the molecule is CCOC(=O)[C@@H]1CCCN(c2ccc(NC(=O)Cc3ccc(OC)cc3)cc2S(=O)(=O)N[C@@H](C)c2ccccc2)C1. The highest BCUT2D eigenvalue weighted by molar-refractivity contribution is 7.89. The molecule has 3 aromatic carbocycles. The zero-order chi connectivity index (χ0) is 29.4. The topological polar surface area (TPSA) is 114 Å². The summed E-state index contributed by atoms with van der Waals surface area (Å²) in [7, 11) is -2.46. The Labute approximate surface area is 241 Å². The van der Waals surface area contributed by atoms with Crippen molar-refractivity contribution in [2.75, 3.05) is 37.0 Å². The second kappa shape index (κ2) is 13.6. The Hall–Kier alpha value is -3.89. The fourth-order valence-corrected chi connectivity index (χ4v) is 6.44. The highest BCUT2D eigenvalue weighted by Gasteiger charge is 2.31. The number of nitrogens with one attached hydrogen (secondary N) is 2. The maximum atomic E-state index is 13.8. The lowest BCUT2D eigenvalue weighted by atomic mass is 9.97. The van der Waals surface area contributed by atoms with E-state index in [0.29, 0.717) is 43.2 Å². The molecule has 0 unspecified atom stereocenters. The zero-order valence-electron chi connectivity index (χ0n) is 23.6. The number of anilines is 2. The Morgan fingerprint density at radius 3 is 2.46 bits per heavy atom. The number of hydrogen-bond donors (Lipinski definition) is 2. The highest BCUT2D eigenvalue weighted by atomic mass is 32.2. The van der Waals surface area contributed by atoms with Gasteiger partial charge >= 0.3 is 5.97 Å². The van der Waals surface area contributed by atoms with E-state index in [-0.39, 0.29) is 29.1 Å². The van der Waals surface area contributed by atoms with Crippen molar-refractivity contribution in [2.24, 2.45) is 5.92 Å². The van der Waals surface area contributed by atoms with E-state index in [1.54, 1.807) is 45.2 Å². The monoisotopic (exact) mass is 579 g/mol. The second-order valence-electron chi connectivity index (χ2n) is 10.0. The molecule has 2 atom stereocenters. The molecule has 41 heavy (non-hydrogen) atoms. The molecule has 1 aliphatic heterocycles. The van der Waals surface area contributed by atoms with E-state index in [0.717, 1.165) is 17.5 Å². The van der Waals surface area contributed by atoms with Gasteiger partial charge in [-0.2, -0.15) is 0 Å². The average Bonchev–Trinajstić information content (AvgIpc) is 2.98. The summed E-state index contributed by atoms with van der Waals surface area (Å²) in [6.45, 7) is 4.78. The summed E-state index contributed by atoms with van der Waals surface area (Å²) in [6.07, 6.45) is 1.52. The van der Waals surface area contributed by atoms with E-state index in [1.165, 1.54) is 6.07 Å². The van der Waals surface area contributed by atoms with Gasteiger partial charge in [-0.15, -0.1) is 0 Å². The Bertz CT molecular complexity index is 1440. The van der Waals surface area contributed by atoms with Gasteiger partial charge in [-0.25, -0.2) is 13.1 Å². The molecule has 0 bridgehead atoms. The number of amides is 1. The van der Waals surface area contributed by atoms with Gasteiger partial charge in [-0.3, -0.25) is 9.59 Å². The molecule has 3 aromatic rings. The fraction of sp³-hybridized carbons (Fsp3) is 0.355. The third-order valence-electron chi connectivity index (χ3n) is 7.07. The lowest BCUT2D eigenvalue weighted by Gasteiger charge is -2.34. The minimum Gasteiger partial charge on any atom is -0.497 e. The van der Waals surface area contributed by atoms with Crippen molar-refractivity contribution in [1.82, 2.24) is 4.72 Å². The van der Waals surface area contributed by atoms with E-state index in [2.05, 4.69) is 10.0 Å². The Morgan fingerprint density at radius 1 is 1.05 bits per heavy atom. The lowest BCUT2D eigenvalue weighted by molar-refractivity contribution is -0.148. The van der Waals surface area contributed by atoms with Gasteiger partial charge < -0.3 is 19.7 Å². The number of carbonyl (C=O) groups is 2. The summed E-state index contributed by atoms with van der Waals surface area (Å²) in [5.41, 5.74) is 2.45. The largest absolute Gasteiger partial charge is 0.497 e. The average molecular weight is 580 g/mol. The van der Waals surface area contributed by atoms with E-state index in [9.17, 15) is 18.0 Å². The van der Waals surface area contributed by atoms with Crippen LogP contribution in [0.5, 0.6) is 5.75 Å². The summed E-state index contributed by atoms with van der Waals surface area (Å²) in [4.78, 5) is 27.3. The molecule has 0 spiro atoms. The maximum absolute atomic E-state index is 13.8. The third kappa shape index (κ3) is 7.86. The number of benzene rings is 3. The van der Waals surface area contributed by atoms with Crippen LogP contribution in [-0.2, 0) is 30.8 Å². The molecule has 9 nitrogen and oxygen atoms in total. The molecule has 1 saturated heterocycles. The zero-order valence-corrected chi connectivity index (χ0v) is 24.4. The molecule has 1 heterocycles. The maximum Gasteiger partial charge on any atom is 0.310 e. The van der Waals surface area contributed by atoms with Crippen molar-refractivity contribution >= 4 is 33.3 Å². The quantitative estimate of drug-likeness (QED) is 0.317. The van der Waals surface area contributed by atoms with Crippen LogP contribution in [0.4, 0.5) is 11.4 Å². The van der Waals surface area contributed by atoms with Crippen LogP contribution < -0.4 is 19.7 Å². The van der Waals surface area contributed by atoms with Gasteiger partial charge in [-0.05, 0) is 68.1 Å². The van der Waals surface area contributed by atoms with Crippen LogP contribution >= 0.6 is 0 Å². The van der Waals surface area contributed by atoms with Crippen LogP contribution in [0.2, 0.25) is 0 Å². The van der Waals surface area contributed by atoms with E-state index in [4.69, 9.17) is 9.47 Å². The van der Waals surface area contributed by atoms with Crippen LogP contribution in [0.1, 0.15) is 43.9 Å². The first-order chi connectivity index (χ1) is 19.7. The Balaban J connectivity index is 1.62. The Kier molecular flexibility index (Phi) is 10.0. The first-order valence-electron chi connectivity index (χ1n) is 13.8. The predicted molar refractivity (Wildman–Crippen MR) is 159 cm³/mol. The number of hydrogen-bond acceptors (Lipinski definition) is 7. The molecule has 10 heteroatoms. The van der Waals surface area contributed by atoms with Gasteiger partial charge in [0.1, 0.15) is 10.6 Å². The molecule has 0 saturated carbocycles. The van der Waals surface area contributed by atoms with E-state index >= 15 is 0 Å². The third-order valence-corrected chi connectivity index (χ3v) is 8.64. The highest BCUT2D eigenvalue weighted by Crippen LogP contribution is 2.33. The number of rotatable bonds is 11. The van der Waals surface area contributed by atoms with Crippen LogP contribution in [0.15, 0.2) is 77.7 Å². The van der Waals surface area contributed by atoms with Crippen LogP contribution in [0.3, 0.4) is 0 Å². The number of esters is 1. The molecule has 2 N–H and O–H groups in total. The summed E-state index contributed by atoms with van der Waals surface area (Å²) >= 11 is 0. The summed E-state index contributed by atoms with van der Waals surface area (Å²) in [6, 6.07) is 20.9. The molecule has 4 rings (SSSR count). The molecular weight excluding hydrogens is 542 g/mol. The normalized spacial score (nSPS) is 16.1. The van der Waals surface area contributed by atoms with Crippen LogP contribution in [0, 0.1) is 5.92 Å². The summed E-state index contributed by atoms with van der Waals surface area (Å²) in [5.74, 6) is -0.212. The van der Waals surface area contributed by atoms with Gasteiger partial charge in [0.2, 0.25) is 15.9 Å². The molecule has 218 valence electrons.